The lowest BCUT2D eigenvalue weighted by atomic mass is 10.1. The molecule has 3 heteroatoms. The van der Waals surface area contributed by atoms with Crippen LogP contribution in [0.15, 0.2) is 30.3 Å². The number of carbonyl (C=O) groups is 1. The van der Waals surface area contributed by atoms with Crippen LogP contribution in [0.2, 0.25) is 0 Å². The molecule has 1 heterocycles. The predicted molar refractivity (Wildman–Crippen MR) is 63.9 cm³/mol. The molecule has 0 amide bonds. The fourth-order valence-corrected chi connectivity index (χ4v) is 1.64. The fourth-order valence-electron chi connectivity index (χ4n) is 1.64. The van der Waals surface area contributed by atoms with Gasteiger partial charge in [-0.2, -0.15) is 4.90 Å². The van der Waals surface area contributed by atoms with Crippen molar-refractivity contribution in [1.82, 2.24) is 4.90 Å². The number of ether oxygens (including phenoxy) is 1. The van der Waals surface area contributed by atoms with Gasteiger partial charge in [0.1, 0.15) is 11.6 Å². The van der Waals surface area contributed by atoms with Crippen molar-refractivity contribution in [3.05, 3.63) is 42.0 Å². The molecule has 0 bridgehead atoms. The zero-order valence-electron chi connectivity index (χ0n) is 9.73. The van der Waals surface area contributed by atoms with Crippen LogP contribution >= 0.6 is 0 Å². The molecular weight excluding hydrogens is 214 g/mol. The van der Waals surface area contributed by atoms with Gasteiger partial charge in [-0.3, -0.25) is 4.79 Å². The van der Waals surface area contributed by atoms with E-state index in [4.69, 9.17) is 4.74 Å². The van der Waals surface area contributed by atoms with Crippen LogP contribution in [0.25, 0.3) is 5.70 Å². The molecule has 0 saturated heterocycles. The second kappa shape index (κ2) is 4.69. The Labute approximate surface area is 101 Å². The minimum atomic E-state index is -0.412. The van der Waals surface area contributed by atoms with E-state index in [1.54, 1.807) is 11.8 Å². The highest BCUT2D eigenvalue weighted by Crippen LogP contribution is 2.23. The molecule has 0 radical (unpaired) electrons. The summed E-state index contributed by atoms with van der Waals surface area (Å²) in [6.45, 7) is 3.17. The van der Waals surface area contributed by atoms with Crippen molar-refractivity contribution < 1.29 is 9.53 Å². The lowest BCUT2D eigenvalue weighted by Gasteiger charge is -2.18. The number of benzene rings is 1. The summed E-state index contributed by atoms with van der Waals surface area (Å²) in [5, 5.41) is 0. The van der Waals surface area contributed by atoms with E-state index in [1.807, 2.05) is 30.3 Å². The van der Waals surface area contributed by atoms with Gasteiger partial charge < -0.3 is 4.74 Å². The molecule has 3 nitrogen and oxygen atoms in total. The van der Waals surface area contributed by atoms with E-state index in [1.165, 1.54) is 6.92 Å². The Morgan fingerprint density at radius 1 is 1.41 bits per heavy atom. The highest BCUT2D eigenvalue weighted by atomic mass is 16.6. The summed E-state index contributed by atoms with van der Waals surface area (Å²) in [7, 11) is 0. The molecule has 0 fully saturated rings. The van der Waals surface area contributed by atoms with E-state index in [0.29, 0.717) is 0 Å². The zero-order chi connectivity index (χ0) is 12.3. The summed E-state index contributed by atoms with van der Waals surface area (Å²) >= 11 is 0. The van der Waals surface area contributed by atoms with E-state index in [9.17, 15) is 4.79 Å². The minimum absolute atomic E-state index is 0.321. The molecule has 1 unspecified atom stereocenters. The van der Waals surface area contributed by atoms with Gasteiger partial charge in [0.25, 0.3) is 0 Å². The van der Waals surface area contributed by atoms with Crippen LogP contribution in [-0.4, -0.2) is 17.1 Å². The maximum absolute atomic E-state index is 10.9. The zero-order valence-corrected chi connectivity index (χ0v) is 9.73. The number of allylic oxidation sites excluding steroid dienone is 1. The van der Waals surface area contributed by atoms with E-state index in [0.717, 1.165) is 11.3 Å². The average Bonchev–Trinajstić information content (AvgIpc) is 2.78. The summed E-state index contributed by atoms with van der Waals surface area (Å²) in [5.41, 5.74) is 1.79. The van der Waals surface area contributed by atoms with E-state index in [2.05, 4.69) is 18.0 Å². The number of nitrogens with zero attached hydrogens (tertiary/aromatic N) is 1. The first-order valence-electron chi connectivity index (χ1n) is 5.34. The highest BCUT2D eigenvalue weighted by molar-refractivity contribution is 5.70. The van der Waals surface area contributed by atoms with Crippen LogP contribution in [0.1, 0.15) is 19.4 Å². The first kappa shape index (κ1) is 11.2. The summed E-state index contributed by atoms with van der Waals surface area (Å²) in [5.74, 6) is 2.45. The van der Waals surface area contributed by atoms with Crippen LogP contribution in [-0.2, 0) is 9.53 Å². The molecule has 0 saturated carbocycles. The van der Waals surface area contributed by atoms with E-state index in [-0.39, 0.29) is 5.97 Å². The van der Waals surface area contributed by atoms with Crippen molar-refractivity contribution in [2.24, 2.45) is 0 Å². The molecule has 2 rings (SSSR count). The van der Waals surface area contributed by atoms with Crippen molar-refractivity contribution >= 4 is 11.7 Å². The molecule has 84 valence electrons. The van der Waals surface area contributed by atoms with E-state index < -0.39 is 6.23 Å². The van der Waals surface area contributed by atoms with Gasteiger partial charge >= 0.3 is 5.97 Å². The second-order valence-electron chi connectivity index (χ2n) is 3.66. The Hall–Kier alpha value is -2.30. The second-order valence-corrected chi connectivity index (χ2v) is 3.66. The Morgan fingerprint density at radius 2 is 2.12 bits per heavy atom. The van der Waals surface area contributed by atoms with Crippen molar-refractivity contribution in [3.63, 3.8) is 0 Å². The van der Waals surface area contributed by atoms with Gasteiger partial charge in [0.05, 0.1) is 0 Å². The van der Waals surface area contributed by atoms with Crippen LogP contribution in [0, 0.1) is 18.0 Å². The average molecular weight is 226 g/mol. The molecule has 0 aliphatic carbocycles. The van der Waals surface area contributed by atoms with Crippen molar-refractivity contribution in [2.75, 3.05) is 0 Å². The summed E-state index contributed by atoms with van der Waals surface area (Å²) < 4.78 is 5.11. The maximum Gasteiger partial charge on any atom is 0.304 e. The monoisotopic (exact) mass is 226 g/mol. The van der Waals surface area contributed by atoms with Gasteiger partial charge in [-0.15, -0.1) is 0 Å². The summed E-state index contributed by atoms with van der Waals surface area (Å²) in [6.07, 6.45) is 2.56. The fraction of sp³-hybridized carbons (Fsp3) is 0.214. The molecule has 1 aromatic carbocycles. The Kier molecular flexibility index (Phi) is 3.09. The van der Waals surface area contributed by atoms with Gasteiger partial charge in [-0.25, -0.2) is 0 Å². The minimum Gasteiger partial charge on any atom is -0.440 e. The van der Waals surface area contributed by atoms with E-state index >= 15 is 0 Å². The first-order chi connectivity index (χ1) is 8.18. The van der Waals surface area contributed by atoms with Crippen LogP contribution < -0.4 is 0 Å². The Morgan fingerprint density at radius 3 is 2.76 bits per heavy atom. The van der Waals surface area contributed by atoms with Crippen LogP contribution in [0.4, 0.5) is 0 Å². The molecule has 1 atom stereocenters. The molecule has 0 spiro atoms. The third kappa shape index (κ3) is 2.44. The van der Waals surface area contributed by atoms with Gasteiger partial charge in [-0.05, 0) is 19.1 Å². The van der Waals surface area contributed by atoms with Gasteiger partial charge in [0, 0.05) is 19.1 Å². The topological polar surface area (TPSA) is 29.5 Å². The molecule has 0 N–H and O–H groups in total. The summed E-state index contributed by atoms with van der Waals surface area (Å²) in [4.78, 5) is 12.6. The molecule has 1 aromatic rings. The number of rotatable bonds is 3. The molecule has 1 aliphatic heterocycles. The molecular formula is C14H12NO2+. The van der Waals surface area contributed by atoms with Gasteiger partial charge in [0.2, 0.25) is 5.70 Å². The predicted octanol–water partition coefficient (Wildman–Crippen LogP) is 2.02. The third-order valence-corrected chi connectivity index (χ3v) is 2.35. The van der Waals surface area contributed by atoms with Crippen LogP contribution in [0.5, 0.6) is 0 Å². The normalized spacial score (nSPS) is 14.2. The van der Waals surface area contributed by atoms with Crippen molar-refractivity contribution in [1.29, 1.82) is 0 Å². The molecule has 17 heavy (non-hydrogen) atoms. The van der Waals surface area contributed by atoms with Crippen LogP contribution in [0.3, 0.4) is 0 Å². The Bertz CT molecular complexity index is 508. The maximum atomic E-state index is 10.9. The lowest BCUT2D eigenvalue weighted by Crippen LogP contribution is -2.30. The standard InChI is InChI=1S/C14H12NO2/c1-11(17-12(2)16)15-10-6-9-14(15)13-7-4-3-5-8-13/h3-5,7-8,11H,1-2H3/q+1. The van der Waals surface area contributed by atoms with Gasteiger partial charge in [-0.1, -0.05) is 6.07 Å². The summed E-state index contributed by atoms with van der Waals surface area (Å²) in [6, 6.07) is 12.6. The molecule has 1 aliphatic rings. The van der Waals surface area contributed by atoms with Crippen molar-refractivity contribution in [2.45, 2.75) is 20.1 Å². The largest absolute Gasteiger partial charge is 0.440 e. The number of hydrogen-bond acceptors (Lipinski definition) is 3. The molecule has 0 aromatic heterocycles. The number of esters is 1. The van der Waals surface area contributed by atoms with Gasteiger partial charge in [0.15, 0.2) is 18.2 Å². The first-order valence-corrected chi connectivity index (χ1v) is 5.34. The number of hydrogen-bond donors (Lipinski definition) is 0. The lowest BCUT2D eigenvalue weighted by molar-refractivity contribution is -0.149. The Balaban J connectivity index is 2.19. The van der Waals surface area contributed by atoms with Crippen molar-refractivity contribution in [3.8, 4) is 12.0 Å². The smallest absolute Gasteiger partial charge is 0.304 e. The quantitative estimate of drug-likeness (QED) is 0.448. The SMILES string of the molecule is CC(=O)OC(C)N1C#C[C+]=C1c1ccccc1. The number of carbonyl (C=O) groups excluding carboxylic acids is 1. The third-order valence-electron chi connectivity index (χ3n) is 2.35. The highest BCUT2D eigenvalue weighted by Gasteiger charge is 2.30.